The zero-order chi connectivity index (χ0) is 35.0. The lowest BCUT2D eigenvalue weighted by Crippen LogP contribution is -2.37. The third-order valence-corrected chi connectivity index (χ3v) is 13.7. The molecule has 12 nitrogen and oxygen atoms in total. The van der Waals surface area contributed by atoms with E-state index in [4.69, 9.17) is 32.3 Å². The van der Waals surface area contributed by atoms with Crippen LogP contribution in [0.3, 0.4) is 0 Å². The fourth-order valence-electron chi connectivity index (χ4n) is 4.47. The summed E-state index contributed by atoms with van der Waals surface area (Å²) in [6, 6.07) is 45.8. The van der Waals surface area contributed by atoms with E-state index in [0.717, 1.165) is 0 Å². The second kappa shape index (κ2) is 15.6. The highest BCUT2D eigenvalue weighted by molar-refractivity contribution is 7.78. The van der Waals surface area contributed by atoms with Crippen molar-refractivity contribution in [3.8, 4) is 51.7 Å². The second-order valence-electron chi connectivity index (χ2n) is 10.5. The van der Waals surface area contributed by atoms with Crippen LogP contribution in [0.25, 0.3) is 0 Å². The van der Waals surface area contributed by atoms with E-state index in [1.165, 1.54) is 27.4 Å². The van der Waals surface area contributed by atoms with Crippen LogP contribution in [0, 0.1) is 0 Å². The number of hydrogen-bond donors (Lipinski definition) is 3. The van der Waals surface area contributed by atoms with Crippen LogP contribution in [0.4, 0.5) is 0 Å². The molecule has 0 aliphatic carbocycles. The Morgan fingerprint density at radius 1 is 0.451 bits per heavy atom. The third kappa shape index (κ3) is 7.97. The summed E-state index contributed by atoms with van der Waals surface area (Å²) in [6.45, 7) is 0. The quantitative estimate of drug-likeness (QED) is 0.103. The van der Waals surface area contributed by atoms with Gasteiger partial charge in [0, 0.05) is 9.21 Å². The molecule has 6 aromatic carbocycles. The lowest BCUT2D eigenvalue weighted by Gasteiger charge is -2.43. The van der Waals surface area contributed by atoms with Gasteiger partial charge in [-0.05, 0) is 72.8 Å². The average molecular weight is 742 g/mol. The molecule has 2 atom stereocenters. The summed E-state index contributed by atoms with van der Waals surface area (Å²) < 4.78 is 34.4. The zero-order valence-corrected chi connectivity index (χ0v) is 29.2. The first kappa shape index (κ1) is 34.0. The molecule has 0 radical (unpaired) electrons. The van der Waals surface area contributed by atoms with Crippen molar-refractivity contribution >= 4 is 24.6 Å². The molecule has 51 heavy (non-hydrogen) atoms. The molecule has 0 amide bonds. The summed E-state index contributed by atoms with van der Waals surface area (Å²) >= 11 is 0. The highest BCUT2D eigenvalue weighted by Gasteiger charge is 2.58. The van der Waals surface area contributed by atoms with Gasteiger partial charge < -0.3 is 43.1 Å². The third-order valence-electron chi connectivity index (χ3n) is 6.85. The summed E-state index contributed by atoms with van der Waals surface area (Å²) in [6.07, 6.45) is 0. The van der Waals surface area contributed by atoms with Gasteiger partial charge in [-0.1, -0.05) is 91.0 Å². The number of phenols is 3. The molecule has 1 aliphatic heterocycles. The maximum absolute atomic E-state index is 11.0. The summed E-state index contributed by atoms with van der Waals surface area (Å²) in [4.78, 5) is 13.2. The summed E-state index contributed by atoms with van der Waals surface area (Å²) in [7, 11) is -8.96. The van der Waals surface area contributed by atoms with Gasteiger partial charge >= 0.3 is 24.6 Å². The molecule has 6 aromatic rings. The molecule has 15 heteroatoms. The van der Waals surface area contributed by atoms with E-state index in [-0.39, 0.29) is 34.5 Å². The van der Waals surface area contributed by atoms with Gasteiger partial charge in [0.2, 0.25) is 0 Å². The minimum atomic E-state index is -4.19. The van der Waals surface area contributed by atoms with Crippen molar-refractivity contribution in [3.05, 3.63) is 164 Å². The van der Waals surface area contributed by atoms with Crippen LogP contribution in [0.2, 0.25) is 0 Å². The largest absolute Gasteiger partial charge is 0.504 e. The number of nitrogens with zero attached hydrogens (tertiary/aromatic N) is 3. The zero-order valence-electron chi connectivity index (χ0n) is 26.6. The number of para-hydroxylation sites is 9. The van der Waals surface area contributed by atoms with Crippen LogP contribution in [-0.2, 0) is 0 Å². The Morgan fingerprint density at radius 3 is 1.35 bits per heavy atom. The second-order valence-corrected chi connectivity index (χ2v) is 16.0. The minimum absolute atomic E-state index is 0.00346. The number of rotatable bonds is 12. The van der Waals surface area contributed by atoms with E-state index < -0.39 is 24.6 Å². The fraction of sp³-hybridized carbons (Fsp3) is 0. The Morgan fingerprint density at radius 2 is 0.863 bits per heavy atom. The van der Waals surface area contributed by atoms with Crippen LogP contribution in [0.15, 0.2) is 168 Å². The summed E-state index contributed by atoms with van der Waals surface area (Å²) in [5.41, 5.74) is 0. The standard InChI is InChI=1S/C36H30N3O9P3/c40-31-22-10-13-25-34(31)46-49-37-51(47-35-26-14-11-23-32(35)41,48-36-27-15-12-24-33(36)42)39(44-29-18-6-2-7-19-29)50(45-30-20-8-3-9-21-30)38(49)43-28-16-4-1-5-17-28/h1-27,40-42H. The smallest absolute Gasteiger partial charge is 0.447 e. The normalized spacial score (nSPS) is 17.0. The molecular weight excluding hydrogens is 711 g/mol. The van der Waals surface area contributed by atoms with E-state index in [1.54, 1.807) is 115 Å². The molecule has 2 unspecified atom stereocenters. The van der Waals surface area contributed by atoms with Crippen molar-refractivity contribution in [2.45, 2.75) is 0 Å². The van der Waals surface area contributed by atoms with E-state index in [1.807, 2.05) is 30.3 Å². The molecule has 7 rings (SSSR count). The Balaban J connectivity index is 1.50. The number of hydrogen-bond acceptors (Lipinski definition) is 12. The molecule has 0 saturated heterocycles. The van der Waals surface area contributed by atoms with Crippen LogP contribution >= 0.6 is 24.6 Å². The number of benzene rings is 6. The van der Waals surface area contributed by atoms with Crippen molar-refractivity contribution in [3.63, 3.8) is 0 Å². The molecule has 0 aromatic heterocycles. The molecule has 0 fully saturated rings. The van der Waals surface area contributed by atoms with Crippen molar-refractivity contribution in [1.82, 2.24) is 9.21 Å². The van der Waals surface area contributed by atoms with Crippen molar-refractivity contribution < 1.29 is 43.1 Å². The fourth-order valence-corrected chi connectivity index (χ4v) is 12.0. The van der Waals surface area contributed by atoms with Crippen molar-refractivity contribution in [1.29, 1.82) is 0 Å². The maximum atomic E-state index is 11.0. The SMILES string of the molecule is Oc1ccccc1OP1N=P(Oc2ccccc2O)(Oc2ccccc2O)N(Oc2ccccc2)P(Oc2ccccc2)N1Oc1ccccc1. The molecule has 0 spiro atoms. The number of phenolic OH excluding ortho intramolecular Hbond substituents is 3. The molecule has 0 bridgehead atoms. The summed E-state index contributed by atoms with van der Waals surface area (Å²) in [5, 5.41) is 32.9. The predicted octanol–water partition coefficient (Wildman–Crippen LogP) is 10.4. The van der Waals surface area contributed by atoms with Gasteiger partial charge in [0.25, 0.3) is 0 Å². The Bertz CT molecular complexity index is 2070. The molecule has 0 saturated carbocycles. The van der Waals surface area contributed by atoms with E-state index in [9.17, 15) is 15.3 Å². The van der Waals surface area contributed by atoms with Crippen LogP contribution in [-0.4, -0.2) is 24.5 Å². The molecule has 1 aliphatic rings. The van der Waals surface area contributed by atoms with Gasteiger partial charge in [0.15, 0.2) is 34.5 Å². The maximum Gasteiger partial charge on any atom is 0.447 e. The highest BCUT2D eigenvalue weighted by atomic mass is 31.3. The Hall–Kier alpha value is -5.47. The molecule has 1 heterocycles. The molecule has 258 valence electrons. The first-order chi connectivity index (χ1) is 25.0. The van der Waals surface area contributed by atoms with Gasteiger partial charge in [-0.3, -0.25) is 0 Å². The van der Waals surface area contributed by atoms with Crippen LogP contribution < -0.4 is 27.8 Å². The minimum Gasteiger partial charge on any atom is -0.504 e. The van der Waals surface area contributed by atoms with E-state index in [2.05, 4.69) is 0 Å². The topological polar surface area (TPSA) is 135 Å². The summed E-state index contributed by atoms with van der Waals surface area (Å²) in [5.74, 6) is 0.698. The van der Waals surface area contributed by atoms with Crippen molar-refractivity contribution in [2.24, 2.45) is 4.52 Å². The monoisotopic (exact) mass is 741 g/mol. The van der Waals surface area contributed by atoms with Crippen LogP contribution in [0.1, 0.15) is 0 Å². The van der Waals surface area contributed by atoms with E-state index in [0.29, 0.717) is 17.2 Å². The first-order valence-electron chi connectivity index (χ1n) is 15.4. The van der Waals surface area contributed by atoms with Gasteiger partial charge in [0.05, 0.1) is 0 Å². The Kier molecular flexibility index (Phi) is 10.4. The van der Waals surface area contributed by atoms with Gasteiger partial charge in [0.1, 0.15) is 17.2 Å². The predicted molar refractivity (Wildman–Crippen MR) is 194 cm³/mol. The first-order valence-corrected chi connectivity index (χ1v) is 19.3. The lowest BCUT2D eigenvalue weighted by atomic mass is 10.3. The van der Waals surface area contributed by atoms with Crippen LogP contribution in [0.5, 0.6) is 51.7 Å². The Labute approximate surface area is 296 Å². The highest BCUT2D eigenvalue weighted by Crippen LogP contribution is 2.78. The molecular formula is C36H30N3O9P3. The average Bonchev–Trinajstić information content (AvgIpc) is 3.15. The van der Waals surface area contributed by atoms with E-state index >= 15 is 0 Å². The van der Waals surface area contributed by atoms with Gasteiger partial charge in [-0.15, -0.1) is 4.52 Å². The van der Waals surface area contributed by atoms with Gasteiger partial charge in [-0.2, -0.15) is 0 Å². The number of aromatic hydroxyl groups is 3. The lowest BCUT2D eigenvalue weighted by molar-refractivity contribution is 0.0542. The molecule has 3 N–H and O–H groups in total. The van der Waals surface area contributed by atoms with Crippen molar-refractivity contribution in [2.75, 3.05) is 0 Å². The van der Waals surface area contributed by atoms with Gasteiger partial charge in [-0.25, -0.2) is 0 Å².